The van der Waals surface area contributed by atoms with Crippen molar-refractivity contribution in [3.63, 3.8) is 0 Å². The molecule has 1 aliphatic rings. The molecule has 0 spiro atoms. The van der Waals surface area contributed by atoms with Gasteiger partial charge in [-0.25, -0.2) is 0 Å². The van der Waals surface area contributed by atoms with E-state index in [2.05, 4.69) is 61.4 Å². The first kappa shape index (κ1) is 16.4. The van der Waals surface area contributed by atoms with E-state index in [4.69, 9.17) is 0 Å². The Bertz CT molecular complexity index is 390. The van der Waals surface area contributed by atoms with E-state index >= 15 is 0 Å². The number of anilines is 1. The Morgan fingerprint density at radius 3 is 2.52 bits per heavy atom. The van der Waals surface area contributed by atoms with Crippen LogP contribution in [0.3, 0.4) is 0 Å². The van der Waals surface area contributed by atoms with Crippen molar-refractivity contribution in [2.24, 2.45) is 11.8 Å². The third kappa shape index (κ3) is 4.47. The highest BCUT2D eigenvalue weighted by Crippen LogP contribution is 2.33. The number of benzene rings is 1. The molecule has 1 saturated carbocycles. The minimum atomic E-state index is 0.691. The van der Waals surface area contributed by atoms with Crippen molar-refractivity contribution in [3.05, 3.63) is 30.3 Å². The van der Waals surface area contributed by atoms with Crippen LogP contribution in [0.2, 0.25) is 0 Å². The molecule has 0 aromatic heterocycles. The Labute approximate surface area is 130 Å². The van der Waals surface area contributed by atoms with Crippen LogP contribution in [0, 0.1) is 11.8 Å². The monoisotopic (exact) mass is 288 g/mol. The van der Waals surface area contributed by atoms with Gasteiger partial charge >= 0.3 is 0 Å². The summed E-state index contributed by atoms with van der Waals surface area (Å²) in [5.74, 6) is 1.72. The van der Waals surface area contributed by atoms with Crippen LogP contribution in [-0.4, -0.2) is 26.2 Å². The van der Waals surface area contributed by atoms with Crippen molar-refractivity contribution in [1.29, 1.82) is 0 Å². The molecule has 3 atom stereocenters. The Balaban J connectivity index is 2.02. The van der Waals surface area contributed by atoms with E-state index in [9.17, 15) is 0 Å². The highest BCUT2D eigenvalue weighted by Gasteiger charge is 2.30. The van der Waals surface area contributed by atoms with Crippen LogP contribution in [0.25, 0.3) is 0 Å². The molecule has 1 aliphatic carbocycles. The minimum Gasteiger partial charge on any atom is -0.371 e. The van der Waals surface area contributed by atoms with Crippen LogP contribution in [0.5, 0.6) is 0 Å². The maximum Gasteiger partial charge on any atom is 0.0366 e. The van der Waals surface area contributed by atoms with Gasteiger partial charge in [0.05, 0.1) is 0 Å². The second kappa shape index (κ2) is 8.43. The van der Waals surface area contributed by atoms with Crippen molar-refractivity contribution in [2.45, 2.75) is 52.0 Å². The van der Waals surface area contributed by atoms with Crippen LogP contribution in [-0.2, 0) is 0 Å². The summed E-state index contributed by atoms with van der Waals surface area (Å²) in [5, 5.41) is 3.57. The molecule has 1 N–H and O–H groups in total. The lowest BCUT2D eigenvalue weighted by molar-refractivity contribution is 0.204. The number of rotatable bonds is 7. The number of nitrogens with one attached hydrogen (secondary N) is 1. The molecule has 1 fully saturated rings. The van der Waals surface area contributed by atoms with E-state index in [0.29, 0.717) is 6.04 Å². The molecule has 3 unspecified atom stereocenters. The van der Waals surface area contributed by atoms with Crippen molar-refractivity contribution in [1.82, 2.24) is 5.32 Å². The summed E-state index contributed by atoms with van der Waals surface area (Å²) >= 11 is 0. The molecule has 2 nitrogen and oxygen atoms in total. The van der Waals surface area contributed by atoms with Crippen LogP contribution >= 0.6 is 0 Å². The molecule has 0 aliphatic heterocycles. The SMILES string of the molecule is CCCC1CCC(NC)C(CN(CC)c2ccccc2)C1. The average molecular weight is 288 g/mol. The van der Waals surface area contributed by atoms with Crippen LogP contribution in [0.15, 0.2) is 30.3 Å². The Hall–Kier alpha value is -1.02. The first-order chi connectivity index (χ1) is 10.3. The summed E-state index contributed by atoms with van der Waals surface area (Å²) in [6, 6.07) is 11.6. The zero-order valence-corrected chi connectivity index (χ0v) is 14.0. The van der Waals surface area contributed by atoms with Gasteiger partial charge in [-0.3, -0.25) is 0 Å². The lowest BCUT2D eigenvalue weighted by Crippen LogP contribution is -2.44. The molecule has 2 rings (SSSR count). The van der Waals surface area contributed by atoms with Gasteiger partial charge in [-0.1, -0.05) is 38.0 Å². The molecule has 1 aromatic carbocycles. The Morgan fingerprint density at radius 2 is 1.90 bits per heavy atom. The zero-order valence-electron chi connectivity index (χ0n) is 14.0. The first-order valence-corrected chi connectivity index (χ1v) is 8.75. The molecule has 0 radical (unpaired) electrons. The van der Waals surface area contributed by atoms with Gasteiger partial charge in [-0.15, -0.1) is 0 Å². The number of hydrogen-bond acceptors (Lipinski definition) is 2. The van der Waals surface area contributed by atoms with Crippen LogP contribution in [0.4, 0.5) is 5.69 Å². The van der Waals surface area contributed by atoms with Gasteiger partial charge in [0.1, 0.15) is 0 Å². The standard InChI is InChI=1S/C19H32N2/c1-4-9-16-12-13-19(20-3)17(14-16)15-21(5-2)18-10-7-6-8-11-18/h6-8,10-11,16-17,19-20H,4-5,9,12-15H2,1-3H3. The molecule has 1 aromatic rings. The fourth-order valence-electron chi connectivity index (χ4n) is 3.95. The van der Waals surface area contributed by atoms with E-state index in [1.54, 1.807) is 0 Å². The molecule has 118 valence electrons. The molecule has 0 saturated heterocycles. The third-order valence-corrected chi connectivity index (χ3v) is 5.12. The van der Waals surface area contributed by atoms with Crippen molar-refractivity contribution >= 4 is 5.69 Å². The lowest BCUT2D eigenvalue weighted by atomic mass is 9.76. The minimum absolute atomic E-state index is 0.691. The van der Waals surface area contributed by atoms with Gasteiger partial charge in [0, 0.05) is 24.8 Å². The summed E-state index contributed by atoms with van der Waals surface area (Å²) < 4.78 is 0. The van der Waals surface area contributed by atoms with Gasteiger partial charge in [-0.2, -0.15) is 0 Å². The summed E-state index contributed by atoms with van der Waals surface area (Å²) in [7, 11) is 2.14. The van der Waals surface area contributed by atoms with Crippen molar-refractivity contribution < 1.29 is 0 Å². The van der Waals surface area contributed by atoms with Gasteiger partial charge < -0.3 is 10.2 Å². The topological polar surface area (TPSA) is 15.3 Å². The van der Waals surface area contributed by atoms with Crippen molar-refractivity contribution in [3.8, 4) is 0 Å². The smallest absolute Gasteiger partial charge is 0.0366 e. The number of hydrogen-bond donors (Lipinski definition) is 1. The molecule has 0 bridgehead atoms. The Kier molecular flexibility index (Phi) is 6.56. The highest BCUT2D eigenvalue weighted by molar-refractivity contribution is 5.45. The maximum atomic E-state index is 3.57. The molecular formula is C19H32N2. The number of nitrogens with zero attached hydrogens (tertiary/aromatic N) is 1. The largest absolute Gasteiger partial charge is 0.371 e. The first-order valence-electron chi connectivity index (χ1n) is 8.75. The fraction of sp³-hybridized carbons (Fsp3) is 0.684. The third-order valence-electron chi connectivity index (χ3n) is 5.12. The fourth-order valence-corrected chi connectivity index (χ4v) is 3.95. The normalized spacial score (nSPS) is 25.8. The summed E-state index contributed by atoms with van der Waals surface area (Å²) in [5.41, 5.74) is 1.37. The predicted molar refractivity (Wildman–Crippen MR) is 92.9 cm³/mol. The molecule has 0 amide bonds. The number of para-hydroxylation sites is 1. The van der Waals surface area contributed by atoms with E-state index < -0.39 is 0 Å². The second-order valence-corrected chi connectivity index (χ2v) is 6.50. The summed E-state index contributed by atoms with van der Waals surface area (Å²) in [4.78, 5) is 2.54. The molecule has 21 heavy (non-hydrogen) atoms. The van der Waals surface area contributed by atoms with Gasteiger partial charge in [-0.05, 0) is 57.2 Å². The summed E-state index contributed by atoms with van der Waals surface area (Å²) in [6.07, 6.45) is 6.89. The van der Waals surface area contributed by atoms with E-state index in [-0.39, 0.29) is 0 Å². The highest BCUT2D eigenvalue weighted by atomic mass is 15.1. The van der Waals surface area contributed by atoms with E-state index in [1.807, 2.05) is 0 Å². The van der Waals surface area contributed by atoms with Gasteiger partial charge in [0.2, 0.25) is 0 Å². The second-order valence-electron chi connectivity index (χ2n) is 6.50. The molecule has 0 heterocycles. The maximum absolute atomic E-state index is 3.57. The van der Waals surface area contributed by atoms with E-state index in [1.165, 1.54) is 44.3 Å². The predicted octanol–water partition coefficient (Wildman–Crippen LogP) is 4.32. The average Bonchev–Trinajstić information content (AvgIpc) is 2.54. The Morgan fingerprint density at radius 1 is 1.14 bits per heavy atom. The summed E-state index contributed by atoms with van der Waals surface area (Å²) in [6.45, 7) is 6.87. The van der Waals surface area contributed by atoms with Gasteiger partial charge in [0.15, 0.2) is 0 Å². The van der Waals surface area contributed by atoms with Crippen LogP contribution < -0.4 is 10.2 Å². The zero-order chi connectivity index (χ0) is 15.1. The van der Waals surface area contributed by atoms with Crippen LogP contribution in [0.1, 0.15) is 46.0 Å². The molecule has 2 heteroatoms. The van der Waals surface area contributed by atoms with Gasteiger partial charge in [0.25, 0.3) is 0 Å². The molecular weight excluding hydrogens is 256 g/mol. The lowest BCUT2D eigenvalue weighted by Gasteiger charge is -2.39. The quantitative estimate of drug-likeness (QED) is 0.804. The van der Waals surface area contributed by atoms with Crippen molar-refractivity contribution in [2.75, 3.05) is 25.0 Å². The van der Waals surface area contributed by atoms with E-state index in [0.717, 1.165) is 18.4 Å².